The molecule has 7 rings (SSSR count). The van der Waals surface area contributed by atoms with E-state index in [0.29, 0.717) is 31.1 Å². The quantitative estimate of drug-likeness (QED) is 0.290. The maximum atomic E-state index is 15.7. The number of likely N-dealkylation sites (tertiary alicyclic amines) is 3. The summed E-state index contributed by atoms with van der Waals surface area (Å²) in [6, 6.07) is 17.7. The van der Waals surface area contributed by atoms with E-state index < -0.39 is 11.8 Å². The lowest BCUT2D eigenvalue weighted by Crippen LogP contribution is -2.65. The van der Waals surface area contributed by atoms with E-state index in [1.807, 2.05) is 80.1 Å². The van der Waals surface area contributed by atoms with Crippen molar-refractivity contribution in [3.05, 3.63) is 60.9 Å². The van der Waals surface area contributed by atoms with Gasteiger partial charge in [-0.25, -0.2) is 23.8 Å². The molecule has 2 atom stereocenters. The van der Waals surface area contributed by atoms with E-state index in [2.05, 4.69) is 19.8 Å². The molecule has 0 saturated carbocycles. The van der Waals surface area contributed by atoms with Crippen LogP contribution in [0.5, 0.6) is 11.5 Å². The second-order valence-electron chi connectivity index (χ2n) is 13.9. The van der Waals surface area contributed by atoms with Crippen LogP contribution in [0.3, 0.4) is 0 Å². The molecule has 3 aliphatic heterocycles. The maximum absolute atomic E-state index is 15.7. The van der Waals surface area contributed by atoms with Crippen molar-refractivity contribution >= 4 is 22.9 Å². The lowest BCUT2D eigenvalue weighted by molar-refractivity contribution is -0.0437. The van der Waals surface area contributed by atoms with Crippen molar-refractivity contribution in [2.45, 2.75) is 69.9 Å². The first kappa shape index (κ1) is 31.3. The van der Waals surface area contributed by atoms with Crippen molar-refractivity contribution in [3.8, 4) is 22.8 Å². The highest BCUT2D eigenvalue weighted by molar-refractivity contribution is 5.98. The molecule has 5 heterocycles. The number of anilines is 1. The molecule has 0 bridgehead atoms. The van der Waals surface area contributed by atoms with E-state index in [1.54, 1.807) is 4.90 Å². The molecule has 2 N–H and O–H groups in total. The lowest BCUT2D eigenvalue weighted by Gasteiger charge is -2.50. The molecule has 248 valence electrons. The Balaban J connectivity index is 0.978. The van der Waals surface area contributed by atoms with Gasteiger partial charge >= 0.3 is 6.09 Å². The van der Waals surface area contributed by atoms with Gasteiger partial charge in [0.1, 0.15) is 41.1 Å². The number of nitrogens with zero attached hydrogens (tertiary/aromatic N) is 7. The van der Waals surface area contributed by atoms with E-state index >= 15 is 4.39 Å². The number of halogens is 1. The number of nitrogen functional groups attached to an aromatic ring is 1. The minimum Gasteiger partial charge on any atom is -0.457 e. The number of ether oxygens (including phenoxy) is 2. The minimum atomic E-state index is -0.936. The molecule has 11 nitrogen and oxygen atoms in total. The molecule has 0 radical (unpaired) electrons. The highest BCUT2D eigenvalue weighted by atomic mass is 19.1. The SMILES string of the molecule is CC(C)(C)OC(=O)N1CC(N2CCC(N3CCC(n4nc(-c5ccc(Oc6ccccc6)cc5)c5c(N)ncnc54)CC3)C(F)C2)C1. The Morgan fingerprint density at radius 2 is 1.55 bits per heavy atom. The number of hydrogen-bond donors (Lipinski definition) is 1. The summed E-state index contributed by atoms with van der Waals surface area (Å²) >= 11 is 0. The average Bonchev–Trinajstić information content (AvgIpc) is 3.42. The number of nitrogens with two attached hydrogens (primary N) is 1. The maximum Gasteiger partial charge on any atom is 0.410 e. The normalized spacial score (nSPS) is 21.9. The van der Waals surface area contributed by atoms with Gasteiger partial charge in [-0.15, -0.1) is 0 Å². The zero-order valence-electron chi connectivity index (χ0n) is 27.3. The first-order valence-corrected chi connectivity index (χ1v) is 16.5. The van der Waals surface area contributed by atoms with Crippen LogP contribution in [0.25, 0.3) is 22.3 Å². The molecule has 2 aromatic heterocycles. The van der Waals surface area contributed by atoms with Gasteiger partial charge in [0.2, 0.25) is 0 Å². The van der Waals surface area contributed by atoms with Crippen LogP contribution in [-0.4, -0.2) is 104 Å². The van der Waals surface area contributed by atoms with Crippen molar-refractivity contribution in [1.82, 2.24) is 34.4 Å². The zero-order chi connectivity index (χ0) is 32.7. The van der Waals surface area contributed by atoms with Crippen LogP contribution in [0.4, 0.5) is 15.0 Å². The summed E-state index contributed by atoms with van der Waals surface area (Å²) in [5.74, 6) is 1.90. The number of carbonyl (C=O) groups is 1. The number of piperidine rings is 2. The van der Waals surface area contributed by atoms with Crippen molar-refractivity contribution in [3.63, 3.8) is 0 Å². The smallest absolute Gasteiger partial charge is 0.410 e. The number of hydrogen-bond acceptors (Lipinski definition) is 9. The Morgan fingerprint density at radius 3 is 2.23 bits per heavy atom. The largest absolute Gasteiger partial charge is 0.457 e. The van der Waals surface area contributed by atoms with Crippen LogP contribution < -0.4 is 10.5 Å². The molecule has 0 aliphatic carbocycles. The van der Waals surface area contributed by atoms with Crippen molar-refractivity contribution in [2.24, 2.45) is 0 Å². The molecular weight excluding hydrogens is 599 g/mol. The van der Waals surface area contributed by atoms with Crippen LogP contribution in [-0.2, 0) is 4.74 Å². The van der Waals surface area contributed by atoms with Gasteiger partial charge in [0.15, 0.2) is 5.65 Å². The summed E-state index contributed by atoms with van der Waals surface area (Å²) in [6.45, 7) is 9.59. The molecule has 3 aliphatic rings. The van der Waals surface area contributed by atoms with Gasteiger partial charge in [-0.2, -0.15) is 5.10 Å². The lowest BCUT2D eigenvalue weighted by atomic mass is 9.94. The van der Waals surface area contributed by atoms with E-state index in [9.17, 15) is 4.79 Å². The van der Waals surface area contributed by atoms with Crippen LogP contribution in [0.2, 0.25) is 0 Å². The van der Waals surface area contributed by atoms with Crippen LogP contribution in [0.15, 0.2) is 60.9 Å². The monoisotopic (exact) mass is 642 g/mol. The first-order chi connectivity index (χ1) is 22.6. The molecule has 2 aromatic carbocycles. The van der Waals surface area contributed by atoms with Gasteiger partial charge in [-0.05, 0) is 76.4 Å². The first-order valence-electron chi connectivity index (χ1n) is 16.5. The third kappa shape index (κ3) is 6.62. The highest BCUT2D eigenvalue weighted by Crippen LogP contribution is 2.36. The Hall–Kier alpha value is -4.29. The van der Waals surface area contributed by atoms with Crippen LogP contribution in [0.1, 0.15) is 46.1 Å². The molecular formula is C35H43FN8O3. The summed E-state index contributed by atoms with van der Waals surface area (Å²) in [4.78, 5) is 27.4. The number of rotatable bonds is 6. The second kappa shape index (κ2) is 12.7. The summed E-state index contributed by atoms with van der Waals surface area (Å²) in [5, 5.41) is 5.79. The van der Waals surface area contributed by atoms with E-state index in [1.165, 1.54) is 6.33 Å². The van der Waals surface area contributed by atoms with Gasteiger partial charge in [-0.1, -0.05) is 18.2 Å². The van der Waals surface area contributed by atoms with Crippen molar-refractivity contribution in [2.75, 3.05) is 45.0 Å². The zero-order valence-corrected chi connectivity index (χ0v) is 27.3. The van der Waals surface area contributed by atoms with Crippen LogP contribution in [0, 0.1) is 0 Å². The summed E-state index contributed by atoms with van der Waals surface area (Å²) in [6.07, 6.45) is 2.71. The molecule has 3 fully saturated rings. The average molecular weight is 643 g/mol. The number of para-hydroxylation sites is 1. The fourth-order valence-electron chi connectivity index (χ4n) is 7.04. The number of amides is 1. The highest BCUT2D eigenvalue weighted by Gasteiger charge is 2.42. The Kier molecular flexibility index (Phi) is 8.48. The molecule has 3 saturated heterocycles. The predicted octanol–water partition coefficient (Wildman–Crippen LogP) is 5.54. The van der Waals surface area contributed by atoms with Gasteiger partial charge in [0.25, 0.3) is 0 Å². The Bertz CT molecular complexity index is 1700. The number of fused-ring (bicyclic) bond motifs is 1. The van der Waals surface area contributed by atoms with E-state index in [-0.39, 0.29) is 24.2 Å². The van der Waals surface area contributed by atoms with Crippen LogP contribution >= 0.6 is 0 Å². The standard InChI is InChI=1S/C35H43FN8O3/c1-35(2,3)47-34(45)43-19-25(20-43)42-18-15-29(28(36)21-42)41-16-13-24(14-17-41)44-33-30(32(37)38-22-39-33)31(40-44)23-9-11-27(12-10-23)46-26-7-5-4-6-8-26/h4-12,22,24-25,28-29H,13-21H2,1-3H3,(H2,37,38,39). The molecule has 0 spiro atoms. The summed E-state index contributed by atoms with van der Waals surface area (Å²) in [7, 11) is 0. The number of carbonyl (C=O) groups excluding carboxylic acids is 1. The Morgan fingerprint density at radius 1 is 0.872 bits per heavy atom. The number of benzene rings is 2. The third-order valence-corrected chi connectivity index (χ3v) is 9.51. The van der Waals surface area contributed by atoms with Crippen molar-refractivity contribution in [1.29, 1.82) is 0 Å². The molecule has 4 aromatic rings. The number of alkyl halides is 1. The van der Waals surface area contributed by atoms with Gasteiger partial charge < -0.3 is 20.1 Å². The molecule has 47 heavy (non-hydrogen) atoms. The topological polar surface area (TPSA) is 115 Å². The molecule has 1 amide bonds. The van der Waals surface area contributed by atoms with E-state index in [4.69, 9.17) is 20.3 Å². The van der Waals surface area contributed by atoms with Gasteiger partial charge in [0.05, 0.1) is 11.4 Å². The van der Waals surface area contributed by atoms with Gasteiger partial charge in [0, 0.05) is 56.9 Å². The molecule has 12 heteroatoms. The molecule has 2 unspecified atom stereocenters. The third-order valence-electron chi connectivity index (χ3n) is 9.51. The summed E-state index contributed by atoms with van der Waals surface area (Å²) in [5.41, 5.74) is 8.23. The van der Waals surface area contributed by atoms with Gasteiger partial charge in [-0.3, -0.25) is 9.80 Å². The summed E-state index contributed by atoms with van der Waals surface area (Å²) < 4.78 is 29.1. The fraction of sp³-hybridized carbons (Fsp3) is 0.486. The number of aromatic nitrogens is 4. The fourth-order valence-corrected chi connectivity index (χ4v) is 7.04. The van der Waals surface area contributed by atoms with Crippen molar-refractivity contribution < 1.29 is 18.7 Å². The second-order valence-corrected chi connectivity index (χ2v) is 13.9. The minimum absolute atomic E-state index is 0.103. The Labute approximate surface area is 274 Å². The predicted molar refractivity (Wildman–Crippen MR) is 178 cm³/mol. The van der Waals surface area contributed by atoms with E-state index in [0.717, 1.165) is 67.0 Å².